The van der Waals surface area contributed by atoms with Gasteiger partial charge in [0.2, 0.25) is 0 Å². The summed E-state index contributed by atoms with van der Waals surface area (Å²) in [5.74, 6) is 1.03. The van der Waals surface area contributed by atoms with Gasteiger partial charge in [0.15, 0.2) is 11.5 Å². The van der Waals surface area contributed by atoms with Crippen LogP contribution >= 0.6 is 0 Å². The number of methoxy groups -OCH3 is 2. The first kappa shape index (κ1) is 22.2. The van der Waals surface area contributed by atoms with Crippen LogP contribution in [0.5, 0.6) is 17.2 Å². The van der Waals surface area contributed by atoms with Gasteiger partial charge in [-0.25, -0.2) is 0 Å². The van der Waals surface area contributed by atoms with Crippen molar-refractivity contribution in [2.45, 2.75) is 39.8 Å². The Morgan fingerprint density at radius 1 is 0.839 bits per heavy atom. The zero-order valence-electron chi connectivity index (χ0n) is 18.7. The highest BCUT2D eigenvalue weighted by molar-refractivity contribution is 6.36. The number of anilines is 1. The fourth-order valence-electron chi connectivity index (χ4n) is 3.42. The van der Waals surface area contributed by atoms with Gasteiger partial charge < -0.3 is 19.5 Å². The first-order chi connectivity index (χ1) is 14.8. The number of carbonyl (C=O) groups excluding carboxylic acids is 2. The number of rotatable bonds is 8. The Balaban J connectivity index is 2.04. The van der Waals surface area contributed by atoms with Crippen LogP contribution < -0.4 is 19.5 Å². The Bertz CT molecular complexity index is 1010. The molecule has 0 fully saturated rings. The summed E-state index contributed by atoms with van der Waals surface area (Å²) in [5, 5.41) is 3.14. The quantitative estimate of drug-likeness (QED) is 0.643. The number of carbonyl (C=O) groups is 2. The SMILES string of the molecule is COc1ccc(C2=C(Nc3ccc(OC(C)C)cc3)C(=O)N(C(C)C)C2=O)cc1OC. The van der Waals surface area contributed by atoms with Crippen molar-refractivity contribution >= 4 is 23.1 Å². The van der Waals surface area contributed by atoms with E-state index in [9.17, 15) is 9.59 Å². The molecule has 0 saturated carbocycles. The molecule has 0 radical (unpaired) electrons. The van der Waals surface area contributed by atoms with Crippen LogP contribution in [-0.2, 0) is 9.59 Å². The van der Waals surface area contributed by atoms with Crippen molar-refractivity contribution in [2.75, 3.05) is 19.5 Å². The van der Waals surface area contributed by atoms with Gasteiger partial charge in [-0.2, -0.15) is 0 Å². The molecule has 0 unspecified atom stereocenters. The van der Waals surface area contributed by atoms with E-state index < -0.39 is 0 Å². The van der Waals surface area contributed by atoms with Gasteiger partial charge in [0.1, 0.15) is 11.4 Å². The lowest BCUT2D eigenvalue weighted by Crippen LogP contribution is -2.38. The molecule has 0 aromatic heterocycles. The summed E-state index contributed by atoms with van der Waals surface area (Å²) in [4.78, 5) is 27.6. The number of ether oxygens (including phenoxy) is 3. The van der Waals surface area contributed by atoms with E-state index in [1.54, 1.807) is 25.3 Å². The van der Waals surface area contributed by atoms with Crippen LogP contribution in [-0.4, -0.2) is 43.1 Å². The summed E-state index contributed by atoms with van der Waals surface area (Å²) in [6.07, 6.45) is 0.0619. The van der Waals surface area contributed by atoms with Gasteiger partial charge >= 0.3 is 0 Å². The molecule has 0 saturated heterocycles. The summed E-state index contributed by atoms with van der Waals surface area (Å²) in [5.41, 5.74) is 1.77. The van der Waals surface area contributed by atoms with E-state index in [4.69, 9.17) is 14.2 Å². The van der Waals surface area contributed by atoms with E-state index in [0.717, 1.165) is 5.75 Å². The van der Waals surface area contributed by atoms with Crippen LogP contribution in [0, 0.1) is 0 Å². The largest absolute Gasteiger partial charge is 0.493 e. The third-order valence-electron chi connectivity index (χ3n) is 4.80. The fraction of sp³-hybridized carbons (Fsp3) is 0.333. The normalized spacial score (nSPS) is 14.0. The zero-order chi connectivity index (χ0) is 22.7. The average molecular weight is 424 g/mol. The molecule has 164 valence electrons. The molecule has 0 spiro atoms. The second-order valence-corrected chi connectivity index (χ2v) is 7.71. The number of nitrogens with zero attached hydrogens (tertiary/aromatic N) is 1. The van der Waals surface area contributed by atoms with Crippen LogP contribution in [0.15, 0.2) is 48.2 Å². The molecule has 1 aliphatic rings. The highest BCUT2D eigenvalue weighted by Gasteiger charge is 2.40. The Kier molecular flexibility index (Phi) is 6.53. The molecule has 0 bridgehead atoms. The van der Waals surface area contributed by atoms with Crippen molar-refractivity contribution in [3.63, 3.8) is 0 Å². The standard InChI is InChI=1S/C24H28N2O5/c1-14(2)26-23(27)21(16-7-12-19(29-5)20(13-16)30-6)22(24(26)28)25-17-8-10-18(11-9-17)31-15(3)4/h7-15,25H,1-6H3. The molecular weight excluding hydrogens is 396 g/mol. The molecule has 1 aliphatic heterocycles. The van der Waals surface area contributed by atoms with Crippen molar-refractivity contribution < 1.29 is 23.8 Å². The first-order valence-electron chi connectivity index (χ1n) is 10.1. The second kappa shape index (κ2) is 9.12. The molecule has 0 aliphatic carbocycles. The van der Waals surface area contributed by atoms with Crippen molar-refractivity contribution in [1.29, 1.82) is 0 Å². The van der Waals surface area contributed by atoms with Crippen molar-refractivity contribution in [1.82, 2.24) is 4.90 Å². The molecule has 0 atom stereocenters. The molecule has 1 heterocycles. The Morgan fingerprint density at radius 3 is 2.03 bits per heavy atom. The van der Waals surface area contributed by atoms with Crippen LogP contribution in [0.2, 0.25) is 0 Å². The van der Waals surface area contributed by atoms with Gasteiger partial charge in [0, 0.05) is 11.7 Å². The number of hydrogen-bond acceptors (Lipinski definition) is 6. The second-order valence-electron chi connectivity index (χ2n) is 7.71. The van der Waals surface area contributed by atoms with E-state index in [1.807, 2.05) is 52.0 Å². The smallest absolute Gasteiger partial charge is 0.278 e. The predicted molar refractivity (Wildman–Crippen MR) is 119 cm³/mol. The first-order valence-corrected chi connectivity index (χ1v) is 10.1. The lowest BCUT2D eigenvalue weighted by molar-refractivity contribution is -0.138. The van der Waals surface area contributed by atoms with Crippen molar-refractivity contribution in [2.24, 2.45) is 0 Å². The van der Waals surface area contributed by atoms with Crippen molar-refractivity contribution in [3.8, 4) is 17.2 Å². The van der Waals surface area contributed by atoms with Gasteiger partial charge in [-0.1, -0.05) is 6.07 Å². The number of nitrogens with one attached hydrogen (secondary N) is 1. The summed E-state index contributed by atoms with van der Waals surface area (Å²) in [6, 6.07) is 12.1. The highest BCUT2D eigenvalue weighted by Crippen LogP contribution is 2.36. The molecule has 2 amide bonds. The van der Waals surface area contributed by atoms with E-state index in [2.05, 4.69) is 5.32 Å². The average Bonchev–Trinajstić information content (AvgIpc) is 2.98. The molecule has 2 aromatic carbocycles. The van der Waals surface area contributed by atoms with Crippen LogP contribution in [0.25, 0.3) is 5.57 Å². The summed E-state index contributed by atoms with van der Waals surface area (Å²) in [7, 11) is 3.07. The molecule has 7 nitrogen and oxygen atoms in total. The minimum absolute atomic E-state index is 0.0619. The maximum Gasteiger partial charge on any atom is 0.278 e. The van der Waals surface area contributed by atoms with Gasteiger partial charge in [-0.3, -0.25) is 14.5 Å². The fourth-order valence-corrected chi connectivity index (χ4v) is 3.42. The monoisotopic (exact) mass is 424 g/mol. The van der Waals surface area contributed by atoms with Gasteiger partial charge in [0.25, 0.3) is 11.8 Å². The third-order valence-corrected chi connectivity index (χ3v) is 4.80. The molecule has 31 heavy (non-hydrogen) atoms. The third kappa shape index (κ3) is 4.50. The minimum Gasteiger partial charge on any atom is -0.493 e. The zero-order valence-corrected chi connectivity index (χ0v) is 18.7. The lowest BCUT2D eigenvalue weighted by Gasteiger charge is -2.19. The van der Waals surface area contributed by atoms with E-state index in [1.165, 1.54) is 12.0 Å². The van der Waals surface area contributed by atoms with E-state index in [-0.39, 0.29) is 29.7 Å². The number of hydrogen-bond donors (Lipinski definition) is 1. The lowest BCUT2D eigenvalue weighted by atomic mass is 10.0. The van der Waals surface area contributed by atoms with Gasteiger partial charge in [-0.05, 0) is 69.7 Å². The number of benzene rings is 2. The van der Waals surface area contributed by atoms with E-state index >= 15 is 0 Å². The maximum absolute atomic E-state index is 13.2. The summed E-state index contributed by atoms with van der Waals surface area (Å²) >= 11 is 0. The number of imide groups is 1. The van der Waals surface area contributed by atoms with Crippen LogP contribution in [0.3, 0.4) is 0 Å². The van der Waals surface area contributed by atoms with Crippen molar-refractivity contribution in [3.05, 3.63) is 53.7 Å². The molecule has 1 N–H and O–H groups in total. The number of amides is 2. The van der Waals surface area contributed by atoms with Gasteiger partial charge in [-0.15, -0.1) is 0 Å². The van der Waals surface area contributed by atoms with Crippen LogP contribution in [0.4, 0.5) is 5.69 Å². The summed E-state index contributed by atoms with van der Waals surface area (Å²) < 4.78 is 16.3. The highest BCUT2D eigenvalue weighted by atomic mass is 16.5. The molecule has 7 heteroatoms. The topological polar surface area (TPSA) is 77.1 Å². The minimum atomic E-state index is -0.368. The van der Waals surface area contributed by atoms with E-state index in [0.29, 0.717) is 28.3 Å². The molecule has 3 rings (SSSR count). The van der Waals surface area contributed by atoms with Crippen LogP contribution in [0.1, 0.15) is 33.3 Å². The Hall–Kier alpha value is -3.48. The molecule has 2 aromatic rings. The molecular formula is C24H28N2O5. The summed E-state index contributed by atoms with van der Waals surface area (Å²) in [6.45, 7) is 7.53. The van der Waals surface area contributed by atoms with Gasteiger partial charge in [0.05, 0.1) is 25.9 Å². The Morgan fingerprint density at radius 2 is 1.48 bits per heavy atom. The predicted octanol–water partition coefficient (Wildman–Crippen LogP) is 4.09. The Labute approximate surface area is 182 Å². The maximum atomic E-state index is 13.2.